The molecular formula is C13H17Cl2NO2. The van der Waals surface area contributed by atoms with Crippen LogP contribution in [0.1, 0.15) is 18.9 Å². The number of phenols is 1. The third-order valence-corrected chi connectivity index (χ3v) is 3.87. The molecule has 0 aliphatic carbocycles. The van der Waals surface area contributed by atoms with Gasteiger partial charge in [0.25, 0.3) is 0 Å². The van der Waals surface area contributed by atoms with Crippen LogP contribution < -0.4 is 5.32 Å². The van der Waals surface area contributed by atoms with Crippen molar-refractivity contribution in [3.05, 3.63) is 27.7 Å². The number of benzene rings is 1. The number of rotatable bonds is 4. The van der Waals surface area contributed by atoms with Gasteiger partial charge < -0.3 is 15.2 Å². The predicted octanol–water partition coefficient (Wildman–Crippen LogP) is 3.21. The Labute approximate surface area is 117 Å². The molecule has 18 heavy (non-hydrogen) atoms. The minimum atomic E-state index is 0.101. The Balaban J connectivity index is 1.90. The topological polar surface area (TPSA) is 41.5 Å². The molecule has 1 heterocycles. The second-order valence-corrected chi connectivity index (χ2v) is 5.49. The van der Waals surface area contributed by atoms with Gasteiger partial charge in [-0.15, -0.1) is 0 Å². The molecule has 0 saturated carbocycles. The van der Waals surface area contributed by atoms with Gasteiger partial charge in [-0.3, -0.25) is 0 Å². The summed E-state index contributed by atoms with van der Waals surface area (Å²) in [7, 11) is 0. The molecule has 100 valence electrons. The summed E-state index contributed by atoms with van der Waals surface area (Å²) < 4.78 is 5.50. The van der Waals surface area contributed by atoms with E-state index in [2.05, 4.69) is 12.2 Å². The van der Waals surface area contributed by atoms with Gasteiger partial charge in [0.15, 0.2) is 0 Å². The number of halogens is 2. The highest BCUT2D eigenvalue weighted by Crippen LogP contribution is 2.31. The molecule has 2 atom stereocenters. The first-order valence-electron chi connectivity index (χ1n) is 6.07. The zero-order chi connectivity index (χ0) is 13.1. The minimum Gasteiger partial charge on any atom is -0.506 e. The van der Waals surface area contributed by atoms with Gasteiger partial charge >= 0.3 is 0 Å². The molecule has 0 amide bonds. The predicted molar refractivity (Wildman–Crippen MR) is 73.4 cm³/mol. The number of ether oxygens (including phenoxy) is 1. The average Bonchev–Trinajstić information content (AvgIpc) is 2.71. The van der Waals surface area contributed by atoms with Crippen LogP contribution in [0, 0.1) is 5.92 Å². The van der Waals surface area contributed by atoms with Crippen LogP contribution in [-0.2, 0) is 11.3 Å². The fourth-order valence-electron chi connectivity index (χ4n) is 2.19. The molecule has 5 heteroatoms. The van der Waals surface area contributed by atoms with Gasteiger partial charge in [0.1, 0.15) is 5.75 Å². The number of hydrogen-bond acceptors (Lipinski definition) is 3. The normalized spacial score (nSPS) is 23.5. The first-order chi connectivity index (χ1) is 8.58. The molecule has 1 fully saturated rings. The molecule has 2 rings (SSSR count). The van der Waals surface area contributed by atoms with Gasteiger partial charge in [-0.25, -0.2) is 0 Å². The van der Waals surface area contributed by atoms with Crippen molar-refractivity contribution in [2.24, 2.45) is 5.92 Å². The van der Waals surface area contributed by atoms with Crippen LogP contribution in [0.4, 0.5) is 0 Å². The molecule has 1 saturated heterocycles. The van der Waals surface area contributed by atoms with Crippen LogP contribution in [0.25, 0.3) is 0 Å². The fourth-order valence-corrected chi connectivity index (χ4v) is 2.73. The Morgan fingerprint density at radius 2 is 2.22 bits per heavy atom. The summed E-state index contributed by atoms with van der Waals surface area (Å²) in [6, 6.07) is 3.26. The number of aromatic hydroxyl groups is 1. The van der Waals surface area contributed by atoms with E-state index in [1.54, 1.807) is 6.07 Å². The van der Waals surface area contributed by atoms with Crippen LogP contribution in [0.2, 0.25) is 10.0 Å². The summed E-state index contributed by atoms with van der Waals surface area (Å²) in [5.74, 6) is 0.631. The summed E-state index contributed by atoms with van der Waals surface area (Å²) in [5.41, 5.74) is 0.721. The molecule has 0 bridgehead atoms. The van der Waals surface area contributed by atoms with Crippen molar-refractivity contribution in [3.63, 3.8) is 0 Å². The maximum absolute atomic E-state index is 9.81. The van der Waals surface area contributed by atoms with E-state index >= 15 is 0 Å². The van der Waals surface area contributed by atoms with Crippen molar-refractivity contribution in [2.45, 2.75) is 26.0 Å². The Kier molecular flexibility index (Phi) is 4.73. The Bertz CT molecular complexity index is 426. The van der Waals surface area contributed by atoms with Crippen LogP contribution in [0.5, 0.6) is 5.75 Å². The summed E-state index contributed by atoms with van der Waals surface area (Å²) in [4.78, 5) is 0. The quantitative estimate of drug-likeness (QED) is 0.894. The molecule has 1 aliphatic rings. The van der Waals surface area contributed by atoms with Crippen LogP contribution in [-0.4, -0.2) is 24.4 Å². The van der Waals surface area contributed by atoms with E-state index in [1.165, 1.54) is 6.07 Å². The minimum absolute atomic E-state index is 0.101. The van der Waals surface area contributed by atoms with Crippen molar-refractivity contribution in [2.75, 3.05) is 13.2 Å². The number of nitrogens with one attached hydrogen (secondary N) is 1. The second-order valence-electron chi connectivity index (χ2n) is 4.65. The van der Waals surface area contributed by atoms with Gasteiger partial charge in [-0.05, 0) is 31.4 Å². The summed E-state index contributed by atoms with van der Waals surface area (Å²) in [5, 5.41) is 13.9. The summed E-state index contributed by atoms with van der Waals surface area (Å²) in [6.07, 6.45) is 1.38. The molecule has 1 aliphatic heterocycles. The zero-order valence-corrected chi connectivity index (χ0v) is 11.8. The Morgan fingerprint density at radius 1 is 1.44 bits per heavy atom. The van der Waals surface area contributed by atoms with E-state index < -0.39 is 0 Å². The first kappa shape index (κ1) is 13.9. The van der Waals surface area contributed by atoms with Crippen molar-refractivity contribution < 1.29 is 9.84 Å². The maximum atomic E-state index is 9.81. The second kappa shape index (κ2) is 6.11. The lowest BCUT2D eigenvalue weighted by Crippen LogP contribution is -2.26. The largest absolute Gasteiger partial charge is 0.506 e. The van der Waals surface area contributed by atoms with Gasteiger partial charge in [-0.2, -0.15) is 0 Å². The van der Waals surface area contributed by atoms with E-state index in [9.17, 15) is 5.11 Å². The highest BCUT2D eigenvalue weighted by molar-refractivity contribution is 6.35. The average molecular weight is 290 g/mol. The lowest BCUT2D eigenvalue weighted by Gasteiger charge is -2.15. The molecule has 0 radical (unpaired) electrons. The number of hydrogen-bond donors (Lipinski definition) is 2. The van der Waals surface area contributed by atoms with Crippen molar-refractivity contribution in [1.29, 1.82) is 0 Å². The Morgan fingerprint density at radius 3 is 2.89 bits per heavy atom. The third kappa shape index (κ3) is 3.29. The standard InChI is InChI=1S/C13H17Cl2NO2/c1-8-9(2-3-18-8)6-16-7-10-4-11(14)5-12(15)13(10)17/h4-5,8-9,16-17H,2-3,6-7H2,1H3. The van der Waals surface area contributed by atoms with Crippen LogP contribution in [0.15, 0.2) is 12.1 Å². The fraction of sp³-hybridized carbons (Fsp3) is 0.538. The van der Waals surface area contributed by atoms with Gasteiger partial charge in [0.05, 0.1) is 11.1 Å². The SMILES string of the molecule is CC1OCCC1CNCc1cc(Cl)cc(Cl)c1O. The van der Waals surface area contributed by atoms with Crippen molar-refractivity contribution in [1.82, 2.24) is 5.32 Å². The van der Waals surface area contributed by atoms with Gasteiger partial charge in [0, 0.05) is 30.3 Å². The summed E-state index contributed by atoms with van der Waals surface area (Å²) >= 11 is 11.8. The van der Waals surface area contributed by atoms with E-state index in [4.69, 9.17) is 27.9 Å². The molecular weight excluding hydrogens is 273 g/mol. The maximum Gasteiger partial charge on any atom is 0.138 e. The van der Waals surface area contributed by atoms with Gasteiger partial charge in [0.2, 0.25) is 0 Å². The van der Waals surface area contributed by atoms with Gasteiger partial charge in [-0.1, -0.05) is 23.2 Å². The van der Waals surface area contributed by atoms with E-state index in [1.807, 2.05) is 0 Å². The molecule has 0 aromatic heterocycles. The lowest BCUT2D eigenvalue weighted by molar-refractivity contribution is 0.105. The van der Waals surface area contributed by atoms with E-state index in [0.29, 0.717) is 23.6 Å². The Hall–Kier alpha value is -0.480. The lowest BCUT2D eigenvalue weighted by atomic mass is 10.0. The van der Waals surface area contributed by atoms with Crippen LogP contribution in [0.3, 0.4) is 0 Å². The van der Waals surface area contributed by atoms with E-state index in [0.717, 1.165) is 25.1 Å². The molecule has 2 unspecified atom stereocenters. The first-order valence-corrected chi connectivity index (χ1v) is 6.82. The van der Waals surface area contributed by atoms with Crippen LogP contribution >= 0.6 is 23.2 Å². The molecule has 1 aromatic carbocycles. The van der Waals surface area contributed by atoms with Crippen molar-refractivity contribution in [3.8, 4) is 5.75 Å². The highest BCUT2D eigenvalue weighted by atomic mass is 35.5. The third-order valence-electron chi connectivity index (χ3n) is 3.36. The molecule has 0 spiro atoms. The number of phenolic OH excluding ortho intramolecular Hbond substituents is 1. The molecule has 1 aromatic rings. The molecule has 3 nitrogen and oxygen atoms in total. The molecule has 2 N–H and O–H groups in total. The van der Waals surface area contributed by atoms with E-state index in [-0.39, 0.29) is 10.8 Å². The monoisotopic (exact) mass is 289 g/mol. The summed E-state index contributed by atoms with van der Waals surface area (Å²) in [6.45, 7) is 4.34. The highest BCUT2D eigenvalue weighted by Gasteiger charge is 2.23. The van der Waals surface area contributed by atoms with Crippen molar-refractivity contribution >= 4 is 23.2 Å². The smallest absolute Gasteiger partial charge is 0.138 e. The zero-order valence-electron chi connectivity index (χ0n) is 10.2.